The lowest BCUT2D eigenvalue weighted by atomic mass is 9.95. The van der Waals surface area contributed by atoms with Gasteiger partial charge < -0.3 is 0 Å². The van der Waals surface area contributed by atoms with Crippen molar-refractivity contribution in [3.63, 3.8) is 0 Å². The third-order valence-electron chi connectivity index (χ3n) is 3.21. The minimum atomic E-state index is 0.825. The number of fused-ring (bicyclic) bond motifs is 1. The van der Waals surface area contributed by atoms with Gasteiger partial charge in [-0.25, -0.2) is 0 Å². The summed E-state index contributed by atoms with van der Waals surface area (Å²) in [5.74, 6) is 0. The lowest BCUT2D eigenvalue weighted by Gasteiger charge is -2.16. The van der Waals surface area contributed by atoms with Crippen LogP contribution in [0.15, 0.2) is 41.7 Å². The second kappa shape index (κ2) is 4.91. The van der Waals surface area contributed by atoms with Crippen molar-refractivity contribution in [1.29, 1.82) is 0 Å². The van der Waals surface area contributed by atoms with Crippen molar-refractivity contribution in [2.24, 2.45) is 4.99 Å². The molecule has 2 heterocycles. The molecule has 0 amide bonds. The van der Waals surface area contributed by atoms with Crippen molar-refractivity contribution in [3.8, 4) is 0 Å². The molecular weight excluding hydrogens is 244 g/mol. The summed E-state index contributed by atoms with van der Waals surface area (Å²) in [6.07, 6.45) is 8.50. The minimum Gasteiger partial charge on any atom is -0.264 e. The predicted molar refractivity (Wildman–Crippen MR) is 75.0 cm³/mol. The highest BCUT2D eigenvalue weighted by atomic mass is 35.5. The molecule has 3 rings (SSSR count). The highest BCUT2D eigenvalue weighted by Crippen LogP contribution is 2.33. The summed E-state index contributed by atoms with van der Waals surface area (Å²) >= 11 is 6.34. The van der Waals surface area contributed by atoms with Crippen molar-refractivity contribution >= 4 is 23.5 Å². The molecule has 0 aliphatic carbocycles. The maximum Gasteiger partial charge on any atom is 0.0661 e. The first-order valence-corrected chi connectivity index (χ1v) is 6.44. The van der Waals surface area contributed by atoms with Crippen LogP contribution in [0.4, 0.5) is 5.69 Å². The molecule has 0 radical (unpaired) electrons. The number of benzene rings is 1. The Morgan fingerprint density at radius 3 is 3.00 bits per heavy atom. The molecule has 0 N–H and O–H groups in total. The summed E-state index contributed by atoms with van der Waals surface area (Å²) in [5, 5.41) is 0.828. The van der Waals surface area contributed by atoms with Crippen molar-refractivity contribution in [1.82, 2.24) is 4.98 Å². The molecule has 0 saturated carbocycles. The first kappa shape index (κ1) is 11.4. The molecule has 1 aliphatic heterocycles. The maximum atomic E-state index is 6.34. The quantitative estimate of drug-likeness (QED) is 0.798. The fraction of sp³-hybridized carbons (Fsp3) is 0.200. The molecule has 3 heteroatoms. The zero-order valence-electron chi connectivity index (χ0n) is 9.94. The van der Waals surface area contributed by atoms with Crippen molar-refractivity contribution in [2.45, 2.75) is 19.3 Å². The van der Waals surface area contributed by atoms with E-state index >= 15 is 0 Å². The van der Waals surface area contributed by atoms with Crippen molar-refractivity contribution in [3.05, 3.63) is 58.4 Å². The van der Waals surface area contributed by atoms with Crippen LogP contribution >= 0.6 is 11.6 Å². The predicted octanol–water partition coefficient (Wildman–Crippen LogP) is 3.97. The molecule has 0 fully saturated rings. The molecule has 1 aliphatic rings. The molecule has 0 unspecified atom stereocenters. The molecule has 0 bridgehead atoms. The normalized spacial score (nSPS) is 13.4. The van der Waals surface area contributed by atoms with E-state index in [0.717, 1.165) is 30.0 Å². The Bertz CT molecular complexity index is 591. The standard InChI is InChI=1S/C15H13ClN2/c16-14-5-6-15-12(4-2-8-18-15)13(14)9-11-3-1-7-17-10-11/h1,3,5-8,10H,2,4,9H2. The van der Waals surface area contributed by atoms with Crippen LogP contribution in [0.25, 0.3) is 0 Å². The first-order valence-electron chi connectivity index (χ1n) is 6.06. The maximum absolute atomic E-state index is 6.34. The average molecular weight is 257 g/mol. The number of aromatic nitrogens is 1. The zero-order valence-corrected chi connectivity index (χ0v) is 10.7. The molecule has 1 aromatic heterocycles. The van der Waals surface area contributed by atoms with Gasteiger partial charge in [-0.1, -0.05) is 17.7 Å². The van der Waals surface area contributed by atoms with Gasteiger partial charge >= 0.3 is 0 Å². The number of nitrogens with zero attached hydrogens (tertiary/aromatic N) is 2. The molecular formula is C15H13ClN2. The average Bonchev–Trinajstić information content (AvgIpc) is 2.43. The van der Waals surface area contributed by atoms with Gasteiger partial charge in [0.05, 0.1) is 5.69 Å². The zero-order chi connectivity index (χ0) is 12.4. The highest BCUT2D eigenvalue weighted by Gasteiger charge is 2.14. The summed E-state index contributed by atoms with van der Waals surface area (Å²) in [7, 11) is 0. The Morgan fingerprint density at radius 1 is 1.22 bits per heavy atom. The molecule has 90 valence electrons. The topological polar surface area (TPSA) is 25.2 Å². The Kier molecular flexibility index (Phi) is 3.11. The Labute approximate surface area is 111 Å². The number of hydrogen-bond donors (Lipinski definition) is 0. The Balaban J connectivity index is 2.04. The highest BCUT2D eigenvalue weighted by molar-refractivity contribution is 6.31. The minimum absolute atomic E-state index is 0.825. The summed E-state index contributed by atoms with van der Waals surface area (Å²) in [6, 6.07) is 7.97. The molecule has 0 spiro atoms. The third-order valence-corrected chi connectivity index (χ3v) is 3.56. The van der Waals surface area contributed by atoms with Gasteiger partial charge in [-0.2, -0.15) is 0 Å². The van der Waals surface area contributed by atoms with Crippen LogP contribution in [0.2, 0.25) is 5.02 Å². The number of halogens is 1. The van der Waals surface area contributed by atoms with E-state index in [4.69, 9.17) is 11.6 Å². The molecule has 18 heavy (non-hydrogen) atoms. The van der Waals surface area contributed by atoms with Gasteiger partial charge in [0.15, 0.2) is 0 Å². The molecule has 0 saturated heterocycles. The van der Waals surface area contributed by atoms with E-state index in [9.17, 15) is 0 Å². The van der Waals surface area contributed by atoms with Crippen LogP contribution < -0.4 is 0 Å². The summed E-state index contributed by atoms with van der Waals surface area (Å²) in [4.78, 5) is 8.59. The number of rotatable bonds is 2. The van der Waals surface area contributed by atoms with Gasteiger partial charge in [-0.3, -0.25) is 9.98 Å². The van der Waals surface area contributed by atoms with Gasteiger partial charge in [0, 0.05) is 30.1 Å². The molecule has 1 aromatic carbocycles. The first-order chi connectivity index (χ1) is 8.84. The van der Waals surface area contributed by atoms with E-state index in [-0.39, 0.29) is 0 Å². The van der Waals surface area contributed by atoms with Crippen LogP contribution in [0, 0.1) is 0 Å². The fourth-order valence-electron chi connectivity index (χ4n) is 2.32. The summed E-state index contributed by atoms with van der Waals surface area (Å²) < 4.78 is 0. The molecule has 2 nitrogen and oxygen atoms in total. The van der Waals surface area contributed by atoms with E-state index in [1.54, 1.807) is 6.20 Å². The van der Waals surface area contributed by atoms with Gasteiger partial charge in [-0.05, 0) is 47.7 Å². The lowest BCUT2D eigenvalue weighted by molar-refractivity contribution is 0.985. The largest absolute Gasteiger partial charge is 0.264 e. The van der Waals surface area contributed by atoms with E-state index in [1.165, 1.54) is 16.7 Å². The lowest BCUT2D eigenvalue weighted by Crippen LogP contribution is -2.01. The van der Waals surface area contributed by atoms with Gasteiger partial charge in [0.25, 0.3) is 0 Å². The van der Waals surface area contributed by atoms with Gasteiger partial charge in [0.2, 0.25) is 0 Å². The molecule has 0 atom stereocenters. The van der Waals surface area contributed by atoms with Crippen molar-refractivity contribution < 1.29 is 0 Å². The monoisotopic (exact) mass is 256 g/mol. The number of aliphatic imine (C=N–C) groups is 1. The van der Waals surface area contributed by atoms with E-state index in [0.29, 0.717) is 0 Å². The Hall–Kier alpha value is -1.67. The van der Waals surface area contributed by atoms with Gasteiger partial charge in [-0.15, -0.1) is 0 Å². The summed E-state index contributed by atoms with van der Waals surface area (Å²) in [6.45, 7) is 0. The second-order valence-corrected chi connectivity index (χ2v) is 4.82. The summed E-state index contributed by atoms with van der Waals surface area (Å²) in [5.41, 5.74) is 4.72. The smallest absolute Gasteiger partial charge is 0.0661 e. The third kappa shape index (κ3) is 2.16. The van der Waals surface area contributed by atoms with Crippen LogP contribution in [-0.4, -0.2) is 11.2 Å². The number of pyridine rings is 1. The van der Waals surface area contributed by atoms with Crippen LogP contribution in [-0.2, 0) is 12.8 Å². The van der Waals surface area contributed by atoms with E-state index < -0.39 is 0 Å². The molecule has 2 aromatic rings. The van der Waals surface area contributed by atoms with E-state index in [1.807, 2.05) is 30.6 Å². The van der Waals surface area contributed by atoms with Crippen molar-refractivity contribution in [2.75, 3.05) is 0 Å². The van der Waals surface area contributed by atoms with E-state index in [2.05, 4.69) is 16.0 Å². The second-order valence-electron chi connectivity index (χ2n) is 4.41. The van der Waals surface area contributed by atoms with Crippen LogP contribution in [0.3, 0.4) is 0 Å². The SMILES string of the molecule is Clc1ccc2c(c1Cc1cccnc1)CCC=N2. The number of hydrogen-bond acceptors (Lipinski definition) is 2. The van der Waals surface area contributed by atoms with Crippen LogP contribution in [0.5, 0.6) is 0 Å². The Morgan fingerprint density at radius 2 is 2.17 bits per heavy atom. The van der Waals surface area contributed by atoms with Crippen LogP contribution in [0.1, 0.15) is 23.1 Å². The van der Waals surface area contributed by atoms with Gasteiger partial charge in [0.1, 0.15) is 0 Å². The fourth-order valence-corrected chi connectivity index (χ4v) is 2.57.